The lowest BCUT2D eigenvalue weighted by atomic mass is 10.0. The minimum absolute atomic E-state index is 0.0515. The van der Waals surface area contributed by atoms with Crippen LogP contribution in [0, 0.1) is 5.82 Å². The van der Waals surface area contributed by atoms with Gasteiger partial charge in [-0.15, -0.1) is 0 Å². The van der Waals surface area contributed by atoms with Crippen LogP contribution in [0.15, 0.2) is 23.4 Å². The lowest BCUT2D eigenvalue weighted by Crippen LogP contribution is -2.34. The summed E-state index contributed by atoms with van der Waals surface area (Å²) < 4.78 is 25.7. The molecule has 0 saturated carbocycles. The molecule has 1 aromatic rings. The van der Waals surface area contributed by atoms with Crippen LogP contribution in [0.2, 0.25) is 0 Å². The molecule has 3 N–H and O–H groups in total. The van der Waals surface area contributed by atoms with Crippen LogP contribution in [0.5, 0.6) is 0 Å². The molecule has 2 unspecified atom stereocenters. The van der Waals surface area contributed by atoms with E-state index in [9.17, 15) is 4.39 Å². The first-order valence-electron chi connectivity index (χ1n) is 7.03. The highest BCUT2D eigenvalue weighted by atomic mass is 19.1. The Balaban J connectivity index is 2.03. The second kappa shape index (κ2) is 6.87. The molecule has 0 radical (unpaired) electrons. The van der Waals surface area contributed by atoms with Gasteiger partial charge in [0.05, 0.1) is 30.5 Å². The van der Waals surface area contributed by atoms with Gasteiger partial charge >= 0.3 is 0 Å². The predicted octanol–water partition coefficient (Wildman–Crippen LogP) is 2.39. The SMILES string of the molecule is CC1CC(OCc2cccc(/C(N)=N/O)c2F)CC(C)O1. The van der Waals surface area contributed by atoms with Gasteiger partial charge in [0, 0.05) is 5.56 Å². The van der Waals surface area contributed by atoms with Gasteiger partial charge in [-0.3, -0.25) is 0 Å². The Morgan fingerprint density at radius 2 is 2.10 bits per heavy atom. The van der Waals surface area contributed by atoms with E-state index in [0.29, 0.717) is 5.56 Å². The molecule has 1 aliphatic heterocycles. The first-order chi connectivity index (χ1) is 10.0. The fourth-order valence-electron chi connectivity index (χ4n) is 2.63. The molecule has 0 amide bonds. The molecule has 0 aliphatic carbocycles. The number of halogens is 1. The molecule has 1 fully saturated rings. The second-order valence-electron chi connectivity index (χ2n) is 5.43. The zero-order chi connectivity index (χ0) is 15.4. The van der Waals surface area contributed by atoms with Crippen molar-refractivity contribution in [1.29, 1.82) is 0 Å². The van der Waals surface area contributed by atoms with Gasteiger partial charge in [-0.2, -0.15) is 0 Å². The lowest BCUT2D eigenvalue weighted by molar-refractivity contribution is -0.106. The topological polar surface area (TPSA) is 77.1 Å². The Morgan fingerprint density at radius 1 is 1.43 bits per heavy atom. The molecule has 1 aliphatic rings. The van der Waals surface area contributed by atoms with Crippen molar-refractivity contribution in [2.75, 3.05) is 0 Å². The number of ether oxygens (including phenoxy) is 2. The van der Waals surface area contributed by atoms with E-state index in [2.05, 4.69) is 5.16 Å². The van der Waals surface area contributed by atoms with Gasteiger partial charge in [-0.25, -0.2) is 4.39 Å². The molecule has 1 aromatic carbocycles. The van der Waals surface area contributed by atoms with Gasteiger partial charge < -0.3 is 20.4 Å². The fraction of sp³-hybridized carbons (Fsp3) is 0.533. The van der Waals surface area contributed by atoms with Crippen molar-refractivity contribution in [2.24, 2.45) is 10.9 Å². The van der Waals surface area contributed by atoms with Crippen LogP contribution in [0.25, 0.3) is 0 Å². The Labute approximate surface area is 123 Å². The number of nitrogens with zero attached hydrogens (tertiary/aromatic N) is 1. The summed E-state index contributed by atoms with van der Waals surface area (Å²) >= 11 is 0. The number of hydrogen-bond acceptors (Lipinski definition) is 4. The van der Waals surface area contributed by atoms with Crippen LogP contribution >= 0.6 is 0 Å². The quantitative estimate of drug-likeness (QED) is 0.387. The summed E-state index contributed by atoms with van der Waals surface area (Å²) in [6.07, 6.45) is 1.94. The van der Waals surface area contributed by atoms with Crippen LogP contribution in [0.3, 0.4) is 0 Å². The van der Waals surface area contributed by atoms with Gasteiger partial charge in [-0.05, 0) is 32.8 Å². The average molecular weight is 296 g/mol. The van der Waals surface area contributed by atoms with Crippen LogP contribution < -0.4 is 5.73 Å². The zero-order valence-corrected chi connectivity index (χ0v) is 12.3. The van der Waals surface area contributed by atoms with Gasteiger partial charge in [0.25, 0.3) is 0 Å². The van der Waals surface area contributed by atoms with Crippen molar-refractivity contribution in [2.45, 2.75) is 51.6 Å². The highest BCUT2D eigenvalue weighted by molar-refractivity contribution is 5.97. The Hall–Kier alpha value is -1.66. The molecule has 0 spiro atoms. The maximum Gasteiger partial charge on any atom is 0.173 e. The van der Waals surface area contributed by atoms with E-state index in [0.717, 1.165) is 12.8 Å². The maximum atomic E-state index is 14.2. The minimum atomic E-state index is -0.513. The molecular formula is C15H21FN2O3. The molecule has 1 heterocycles. The van der Waals surface area contributed by atoms with Crippen LogP contribution in [0.4, 0.5) is 4.39 Å². The van der Waals surface area contributed by atoms with Crippen LogP contribution in [-0.2, 0) is 16.1 Å². The summed E-state index contributed by atoms with van der Waals surface area (Å²) in [6.45, 7) is 4.17. The molecule has 2 atom stereocenters. The number of benzene rings is 1. The molecular weight excluding hydrogens is 275 g/mol. The van der Waals surface area contributed by atoms with Gasteiger partial charge in [0.2, 0.25) is 0 Å². The van der Waals surface area contributed by atoms with Crippen molar-refractivity contribution >= 4 is 5.84 Å². The largest absolute Gasteiger partial charge is 0.409 e. The van der Waals surface area contributed by atoms with Crippen molar-refractivity contribution < 1.29 is 19.1 Å². The average Bonchev–Trinajstić information content (AvgIpc) is 2.44. The monoisotopic (exact) mass is 296 g/mol. The third-order valence-electron chi connectivity index (χ3n) is 3.59. The van der Waals surface area contributed by atoms with Crippen molar-refractivity contribution in [1.82, 2.24) is 0 Å². The molecule has 5 nitrogen and oxygen atoms in total. The normalized spacial score (nSPS) is 26.8. The minimum Gasteiger partial charge on any atom is -0.409 e. The van der Waals surface area contributed by atoms with Crippen LogP contribution in [0.1, 0.15) is 37.8 Å². The number of rotatable bonds is 4. The number of amidine groups is 1. The maximum absolute atomic E-state index is 14.2. The fourth-order valence-corrected chi connectivity index (χ4v) is 2.63. The summed E-state index contributed by atoms with van der Waals surface area (Å²) in [5.74, 6) is -0.761. The summed E-state index contributed by atoms with van der Waals surface area (Å²) in [5.41, 5.74) is 5.91. The summed E-state index contributed by atoms with van der Waals surface area (Å²) in [5, 5.41) is 11.5. The highest BCUT2D eigenvalue weighted by Gasteiger charge is 2.25. The molecule has 2 rings (SSSR count). The first kappa shape index (κ1) is 15.7. The lowest BCUT2D eigenvalue weighted by Gasteiger charge is -2.32. The highest BCUT2D eigenvalue weighted by Crippen LogP contribution is 2.23. The third-order valence-corrected chi connectivity index (χ3v) is 3.59. The first-order valence-corrected chi connectivity index (χ1v) is 7.03. The van der Waals surface area contributed by atoms with E-state index < -0.39 is 5.82 Å². The Morgan fingerprint density at radius 3 is 2.71 bits per heavy atom. The summed E-state index contributed by atoms with van der Waals surface area (Å²) in [7, 11) is 0. The van der Waals surface area contributed by atoms with Crippen molar-refractivity contribution in [3.05, 3.63) is 35.1 Å². The van der Waals surface area contributed by atoms with Gasteiger partial charge in [0.1, 0.15) is 5.82 Å². The van der Waals surface area contributed by atoms with Crippen LogP contribution in [-0.4, -0.2) is 29.4 Å². The number of hydrogen-bond donors (Lipinski definition) is 2. The van der Waals surface area contributed by atoms with Gasteiger partial charge in [0.15, 0.2) is 5.84 Å². The third kappa shape index (κ3) is 3.92. The molecule has 116 valence electrons. The molecule has 0 bridgehead atoms. The zero-order valence-electron chi connectivity index (χ0n) is 12.3. The molecule has 21 heavy (non-hydrogen) atoms. The smallest absolute Gasteiger partial charge is 0.173 e. The molecule has 1 saturated heterocycles. The van der Waals surface area contributed by atoms with E-state index in [1.165, 1.54) is 6.07 Å². The second-order valence-corrected chi connectivity index (χ2v) is 5.43. The van der Waals surface area contributed by atoms with E-state index in [1.54, 1.807) is 12.1 Å². The van der Waals surface area contributed by atoms with E-state index in [1.807, 2.05) is 13.8 Å². The van der Waals surface area contributed by atoms with Crippen molar-refractivity contribution in [3.63, 3.8) is 0 Å². The molecule has 6 heteroatoms. The van der Waals surface area contributed by atoms with E-state index >= 15 is 0 Å². The standard InChI is InChI=1S/C15H21FN2O3/c1-9-6-12(7-10(2)21-9)20-8-11-4-3-5-13(14(11)16)15(17)18-19/h3-5,9-10,12,19H,6-8H2,1-2H3,(H2,17,18). The number of nitrogens with two attached hydrogens (primary N) is 1. The predicted molar refractivity (Wildman–Crippen MR) is 76.7 cm³/mol. The summed E-state index contributed by atoms with van der Waals surface area (Å²) in [4.78, 5) is 0. The summed E-state index contributed by atoms with van der Waals surface area (Å²) in [6, 6.07) is 4.76. The number of oxime groups is 1. The van der Waals surface area contributed by atoms with E-state index in [-0.39, 0.29) is 36.3 Å². The molecule has 0 aromatic heterocycles. The Kier molecular flexibility index (Phi) is 5.14. The van der Waals surface area contributed by atoms with Gasteiger partial charge in [-0.1, -0.05) is 17.3 Å². The Bertz CT molecular complexity index is 512. The van der Waals surface area contributed by atoms with Crippen molar-refractivity contribution in [3.8, 4) is 0 Å². The van der Waals surface area contributed by atoms with E-state index in [4.69, 9.17) is 20.4 Å².